The third-order valence-corrected chi connectivity index (χ3v) is 6.60. The average Bonchev–Trinajstić information content (AvgIpc) is 3.43. The largest absolute Gasteiger partial charge is 0.480 e. The van der Waals surface area contributed by atoms with E-state index in [0.717, 1.165) is 6.42 Å². The number of halogens is 1. The quantitative estimate of drug-likeness (QED) is 0.410. The van der Waals surface area contributed by atoms with Gasteiger partial charge in [0.15, 0.2) is 6.10 Å². The lowest BCUT2D eigenvalue weighted by Gasteiger charge is -2.22. The maximum Gasteiger partial charge on any atom is 0.238 e. The van der Waals surface area contributed by atoms with Gasteiger partial charge in [0.25, 0.3) is 0 Å². The van der Waals surface area contributed by atoms with E-state index in [4.69, 9.17) is 16.3 Å². The zero-order valence-corrected chi connectivity index (χ0v) is 17.1. The number of carbonyl (C=O) groups is 3. The minimum Gasteiger partial charge on any atom is -0.480 e. The third kappa shape index (κ3) is 2.88. The van der Waals surface area contributed by atoms with Crippen LogP contribution in [0, 0.1) is 23.7 Å². The second kappa shape index (κ2) is 7.10. The molecule has 0 spiro atoms. The van der Waals surface area contributed by atoms with Gasteiger partial charge in [-0.1, -0.05) is 54.1 Å². The highest BCUT2D eigenvalue weighted by molar-refractivity contribution is 6.31. The number of carbonyl (C=O) groups excluding carboxylic acids is 3. The van der Waals surface area contributed by atoms with Crippen molar-refractivity contribution in [2.75, 3.05) is 4.90 Å². The standard InChI is InChI=1S/C24H20ClNO4/c1-13(22(27)14-5-3-2-4-6-14)30-19-10-9-17(25)12-18(19)26-23(28)20-15-7-8-16(11-15)21(20)24(26)29/h2-10,12-13,15-16,20-21H,11H2,1H3/t13-,15-,16-,20-,21-/m0/s1. The number of ketones is 1. The van der Waals surface area contributed by atoms with Crippen LogP contribution in [0.3, 0.4) is 0 Å². The highest BCUT2D eigenvalue weighted by Crippen LogP contribution is 2.54. The third-order valence-electron chi connectivity index (χ3n) is 6.36. The molecule has 2 aromatic rings. The number of ether oxygens (including phenoxy) is 1. The number of benzene rings is 2. The van der Waals surface area contributed by atoms with Crippen LogP contribution < -0.4 is 9.64 Å². The van der Waals surface area contributed by atoms with Gasteiger partial charge in [0, 0.05) is 10.6 Å². The first kappa shape index (κ1) is 19.1. The van der Waals surface area contributed by atoms with Crippen molar-refractivity contribution in [2.24, 2.45) is 23.7 Å². The topological polar surface area (TPSA) is 63.7 Å². The molecule has 152 valence electrons. The van der Waals surface area contributed by atoms with E-state index in [1.165, 1.54) is 4.90 Å². The summed E-state index contributed by atoms with van der Waals surface area (Å²) in [4.78, 5) is 40.3. The van der Waals surface area contributed by atoms with Gasteiger partial charge in [-0.25, -0.2) is 4.90 Å². The van der Waals surface area contributed by atoms with Gasteiger partial charge >= 0.3 is 0 Å². The summed E-state index contributed by atoms with van der Waals surface area (Å²) < 4.78 is 5.95. The fourth-order valence-corrected chi connectivity index (χ4v) is 5.15. The van der Waals surface area contributed by atoms with Crippen molar-refractivity contribution in [3.63, 3.8) is 0 Å². The van der Waals surface area contributed by atoms with Crippen LogP contribution in [0.5, 0.6) is 5.75 Å². The number of allylic oxidation sites excluding steroid dienone is 2. The van der Waals surface area contributed by atoms with Crippen LogP contribution in [0.4, 0.5) is 5.69 Å². The smallest absolute Gasteiger partial charge is 0.238 e. The Morgan fingerprint density at radius 1 is 1.03 bits per heavy atom. The van der Waals surface area contributed by atoms with Crippen LogP contribution in [0.2, 0.25) is 5.02 Å². The van der Waals surface area contributed by atoms with Crippen LogP contribution >= 0.6 is 11.6 Å². The molecule has 1 saturated heterocycles. The van der Waals surface area contributed by atoms with Crippen LogP contribution in [-0.2, 0) is 9.59 Å². The lowest BCUT2D eigenvalue weighted by Crippen LogP contribution is -2.34. The Balaban J connectivity index is 1.46. The molecule has 5 rings (SSSR count). The van der Waals surface area contributed by atoms with Crippen LogP contribution in [-0.4, -0.2) is 23.7 Å². The molecule has 2 fully saturated rings. The Kier molecular flexibility index (Phi) is 4.51. The Morgan fingerprint density at radius 2 is 1.67 bits per heavy atom. The first-order valence-electron chi connectivity index (χ1n) is 10.1. The minimum absolute atomic E-state index is 0.114. The van der Waals surface area contributed by atoms with Crippen molar-refractivity contribution in [3.05, 3.63) is 71.3 Å². The number of fused-ring (bicyclic) bond motifs is 5. The molecule has 0 N–H and O–H groups in total. The Hall–Kier alpha value is -2.92. The summed E-state index contributed by atoms with van der Waals surface area (Å²) in [6.45, 7) is 1.65. The Morgan fingerprint density at radius 3 is 2.30 bits per heavy atom. The normalized spacial score (nSPS) is 27.5. The summed E-state index contributed by atoms with van der Waals surface area (Å²) >= 11 is 6.19. The second-order valence-electron chi connectivity index (χ2n) is 8.11. The molecule has 2 bridgehead atoms. The molecule has 0 aromatic heterocycles. The molecule has 5 atom stereocenters. The fourth-order valence-electron chi connectivity index (χ4n) is 4.99. The van der Waals surface area contributed by atoms with Gasteiger partial charge in [-0.15, -0.1) is 0 Å². The van der Waals surface area contributed by atoms with Gasteiger partial charge in [0.05, 0.1) is 17.5 Å². The van der Waals surface area contributed by atoms with Crippen molar-refractivity contribution < 1.29 is 19.1 Å². The lowest BCUT2D eigenvalue weighted by molar-refractivity contribution is -0.123. The predicted molar refractivity (Wildman–Crippen MR) is 113 cm³/mol. The molecule has 0 unspecified atom stereocenters. The first-order chi connectivity index (χ1) is 14.5. The molecular weight excluding hydrogens is 402 g/mol. The molecule has 5 nitrogen and oxygen atoms in total. The minimum atomic E-state index is -0.794. The van der Waals surface area contributed by atoms with E-state index in [2.05, 4.69) is 12.2 Å². The number of rotatable bonds is 5. The van der Waals surface area contributed by atoms with E-state index in [1.54, 1.807) is 49.4 Å². The fraction of sp³-hybridized carbons (Fsp3) is 0.292. The Bertz CT molecular complexity index is 1050. The molecule has 1 aliphatic heterocycles. The summed E-state index contributed by atoms with van der Waals surface area (Å²) in [5.74, 6) is -0.725. The van der Waals surface area contributed by atoms with Gasteiger partial charge in [0.2, 0.25) is 17.6 Å². The molecule has 2 aromatic carbocycles. The van der Waals surface area contributed by atoms with Gasteiger partial charge in [-0.3, -0.25) is 14.4 Å². The van der Waals surface area contributed by atoms with Crippen LogP contribution in [0.25, 0.3) is 0 Å². The number of nitrogens with zero attached hydrogens (tertiary/aromatic N) is 1. The Labute approximate surface area is 179 Å². The second-order valence-corrected chi connectivity index (χ2v) is 8.55. The van der Waals surface area contributed by atoms with E-state index in [1.807, 2.05) is 6.07 Å². The number of hydrogen-bond acceptors (Lipinski definition) is 4. The number of amides is 2. The van der Waals surface area contributed by atoms with E-state index in [0.29, 0.717) is 16.3 Å². The van der Waals surface area contributed by atoms with Crippen LogP contribution in [0.1, 0.15) is 23.7 Å². The van der Waals surface area contributed by atoms with Gasteiger partial charge in [0.1, 0.15) is 5.75 Å². The number of hydrogen-bond donors (Lipinski definition) is 0. The lowest BCUT2D eigenvalue weighted by atomic mass is 9.85. The molecule has 2 aliphatic carbocycles. The average molecular weight is 422 g/mol. The van der Waals surface area contributed by atoms with E-state index in [-0.39, 0.29) is 47.0 Å². The highest BCUT2D eigenvalue weighted by Gasteiger charge is 2.60. The molecule has 0 radical (unpaired) electrons. The monoisotopic (exact) mass is 421 g/mol. The SMILES string of the molecule is C[C@H](Oc1ccc(Cl)cc1N1C(=O)[C@@H]2[C@@H](C1=O)[C@H]1C=C[C@H]2C1)C(=O)c1ccccc1. The maximum absolute atomic E-state index is 13.2. The summed E-state index contributed by atoms with van der Waals surface area (Å²) in [7, 11) is 0. The van der Waals surface area contributed by atoms with Crippen molar-refractivity contribution in [2.45, 2.75) is 19.4 Å². The summed E-state index contributed by atoms with van der Waals surface area (Å²) in [5.41, 5.74) is 0.838. The molecule has 6 heteroatoms. The molecule has 3 aliphatic rings. The van der Waals surface area contributed by atoms with Crippen LogP contribution in [0.15, 0.2) is 60.7 Å². The number of anilines is 1. The van der Waals surface area contributed by atoms with Crippen molar-refractivity contribution in [1.29, 1.82) is 0 Å². The van der Waals surface area contributed by atoms with Gasteiger partial charge in [-0.05, 0) is 43.4 Å². The van der Waals surface area contributed by atoms with Crippen molar-refractivity contribution >= 4 is 34.9 Å². The molecule has 2 amide bonds. The zero-order valence-electron chi connectivity index (χ0n) is 16.3. The summed E-state index contributed by atoms with van der Waals surface area (Å²) in [6.07, 6.45) is 4.17. The summed E-state index contributed by atoms with van der Waals surface area (Å²) in [6, 6.07) is 13.6. The first-order valence-corrected chi connectivity index (χ1v) is 10.4. The van der Waals surface area contributed by atoms with Gasteiger partial charge in [-0.2, -0.15) is 0 Å². The molecular formula is C24H20ClNO4. The van der Waals surface area contributed by atoms with Gasteiger partial charge < -0.3 is 4.74 Å². The highest BCUT2D eigenvalue weighted by atomic mass is 35.5. The van der Waals surface area contributed by atoms with E-state index < -0.39 is 6.10 Å². The zero-order chi connectivity index (χ0) is 21.0. The maximum atomic E-state index is 13.2. The molecule has 30 heavy (non-hydrogen) atoms. The van der Waals surface area contributed by atoms with Crippen molar-refractivity contribution in [3.8, 4) is 5.75 Å². The van der Waals surface area contributed by atoms with E-state index in [9.17, 15) is 14.4 Å². The van der Waals surface area contributed by atoms with Crippen molar-refractivity contribution in [1.82, 2.24) is 0 Å². The number of Topliss-reactive ketones (excluding diaryl/α,β-unsaturated/α-hetero) is 1. The number of imide groups is 1. The summed E-state index contributed by atoms with van der Waals surface area (Å²) in [5, 5.41) is 0.387. The predicted octanol–water partition coefficient (Wildman–Crippen LogP) is 4.30. The molecule has 1 saturated carbocycles. The molecule has 1 heterocycles. The van der Waals surface area contributed by atoms with E-state index >= 15 is 0 Å².